The minimum Gasteiger partial charge on any atom is -0.493 e. The van der Waals surface area contributed by atoms with Crippen LogP contribution in [0.25, 0.3) is 10.9 Å². The van der Waals surface area contributed by atoms with Gasteiger partial charge in [-0.15, -0.1) is 0 Å². The zero-order valence-electron chi connectivity index (χ0n) is 20.0. The first kappa shape index (κ1) is 23.6. The van der Waals surface area contributed by atoms with Crippen LogP contribution in [0, 0.1) is 0 Å². The van der Waals surface area contributed by atoms with Gasteiger partial charge in [0, 0.05) is 49.2 Å². The Morgan fingerprint density at radius 3 is 2.80 bits per heavy atom. The fourth-order valence-corrected chi connectivity index (χ4v) is 5.11. The summed E-state index contributed by atoms with van der Waals surface area (Å²) in [4.78, 5) is 24.0. The number of rotatable bonds is 6. The molecular formula is C26H30ClN5O3. The van der Waals surface area contributed by atoms with Crippen molar-refractivity contribution in [2.24, 2.45) is 0 Å². The fraction of sp³-hybridized carbons (Fsp3) is 0.423. The Hall–Kier alpha value is -3.10. The molecule has 8 nitrogen and oxygen atoms in total. The third-order valence-corrected chi connectivity index (χ3v) is 6.81. The fourth-order valence-electron chi connectivity index (χ4n) is 4.87. The number of anilines is 1. The molecule has 2 aromatic carbocycles. The molecule has 0 aliphatic carbocycles. The van der Waals surface area contributed by atoms with Gasteiger partial charge in [0.1, 0.15) is 11.4 Å². The molecule has 3 N–H and O–H groups in total. The molecule has 1 aromatic heterocycles. The molecule has 9 heteroatoms. The van der Waals surface area contributed by atoms with Gasteiger partial charge in [0.2, 0.25) is 11.8 Å². The molecule has 3 heterocycles. The number of carbonyl (C=O) groups is 1. The maximum Gasteiger partial charge on any atom is 0.255 e. The van der Waals surface area contributed by atoms with Crippen LogP contribution in [0.2, 0.25) is 5.02 Å². The molecule has 5 rings (SSSR count). The number of fused-ring (bicyclic) bond motifs is 2. The Labute approximate surface area is 209 Å². The highest BCUT2D eigenvalue weighted by molar-refractivity contribution is 6.31. The lowest BCUT2D eigenvalue weighted by molar-refractivity contribution is 0.0899. The number of piperidine rings is 1. The van der Waals surface area contributed by atoms with Crippen LogP contribution >= 0.6 is 11.6 Å². The zero-order valence-corrected chi connectivity index (χ0v) is 20.7. The first-order chi connectivity index (χ1) is 16.8. The van der Waals surface area contributed by atoms with Crippen LogP contribution in [0.1, 0.15) is 42.6 Å². The molecular weight excluding hydrogens is 466 g/mol. The van der Waals surface area contributed by atoms with Gasteiger partial charge in [-0.05, 0) is 51.0 Å². The van der Waals surface area contributed by atoms with Crippen LogP contribution in [0.4, 0.5) is 5.95 Å². The van der Waals surface area contributed by atoms with E-state index in [9.17, 15) is 9.90 Å². The number of benzene rings is 2. The van der Waals surface area contributed by atoms with Crippen molar-refractivity contribution < 1.29 is 14.6 Å². The largest absolute Gasteiger partial charge is 0.493 e. The average Bonchev–Trinajstić information content (AvgIpc) is 3.13. The number of nitrogens with one attached hydrogen (secondary N) is 2. The van der Waals surface area contributed by atoms with Crippen molar-refractivity contribution in [1.29, 1.82) is 0 Å². The van der Waals surface area contributed by atoms with E-state index in [1.54, 1.807) is 12.1 Å². The van der Waals surface area contributed by atoms with Crippen molar-refractivity contribution in [2.45, 2.75) is 44.8 Å². The Kier molecular flexibility index (Phi) is 6.42. The Balaban J connectivity index is 1.11. The molecule has 1 amide bonds. The SMILES string of the molecule is CC1(C)Cc2cc(Cl)cc(C(=O)NC3CCN(CCNc4nc(O)c5ccccc5n4)CC3)c2O1. The quantitative estimate of drug-likeness (QED) is 0.475. The van der Waals surface area contributed by atoms with Crippen molar-refractivity contribution in [3.05, 3.63) is 52.5 Å². The molecule has 0 unspecified atom stereocenters. The second-order valence-corrected chi connectivity index (χ2v) is 10.3. The molecule has 0 saturated carbocycles. The number of hydrogen-bond donors (Lipinski definition) is 3. The van der Waals surface area contributed by atoms with E-state index >= 15 is 0 Å². The summed E-state index contributed by atoms with van der Waals surface area (Å²) >= 11 is 6.29. The average molecular weight is 496 g/mol. The Morgan fingerprint density at radius 1 is 1.23 bits per heavy atom. The number of likely N-dealkylation sites (tertiary alicyclic amines) is 1. The minimum absolute atomic E-state index is 0.0195. The predicted molar refractivity (Wildman–Crippen MR) is 136 cm³/mol. The summed E-state index contributed by atoms with van der Waals surface area (Å²) in [5.74, 6) is 0.925. The second kappa shape index (κ2) is 9.51. The molecule has 1 fully saturated rings. The number of carbonyl (C=O) groups excluding carboxylic acids is 1. The van der Waals surface area contributed by atoms with E-state index < -0.39 is 0 Å². The molecule has 0 spiro atoms. The van der Waals surface area contributed by atoms with Crippen LogP contribution in [0.3, 0.4) is 0 Å². The number of para-hydroxylation sites is 1. The molecule has 2 aliphatic heterocycles. The van der Waals surface area contributed by atoms with E-state index in [0.717, 1.165) is 44.5 Å². The third-order valence-electron chi connectivity index (χ3n) is 6.59. The standard InChI is InChI=1S/C26H30ClN5O3/c1-26(2)15-16-13-17(27)14-20(22(16)35-26)24(34)29-18-7-10-32(11-8-18)12-9-28-25-30-21-6-4-3-5-19(21)23(33)31-25/h3-6,13-14,18H,7-12,15H2,1-2H3,(H,29,34)(H2,28,30,31,33). The molecule has 0 bridgehead atoms. The summed E-state index contributed by atoms with van der Waals surface area (Å²) in [7, 11) is 0. The number of ether oxygens (including phenoxy) is 1. The van der Waals surface area contributed by atoms with Gasteiger partial charge in [0.25, 0.3) is 5.91 Å². The maximum atomic E-state index is 13.1. The van der Waals surface area contributed by atoms with Crippen LogP contribution in [0.15, 0.2) is 36.4 Å². The van der Waals surface area contributed by atoms with Crippen LogP contribution in [-0.2, 0) is 6.42 Å². The third kappa shape index (κ3) is 5.28. The normalized spacial score (nSPS) is 17.7. The van der Waals surface area contributed by atoms with Crippen molar-refractivity contribution in [3.8, 4) is 11.6 Å². The molecule has 1 saturated heterocycles. The summed E-state index contributed by atoms with van der Waals surface area (Å²) in [5, 5.41) is 17.7. The highest BCUT2D eigenvalue weighted by Gasteiger charge is 2.34. The highest BCUT2D eigenvalue weighted by Crippen LogP contribution is 2.39. The maximum absolute atomic E-state index is 13.1. The second-order valence-electron chi connectivity index (χ2n) is 9.88. The van der Waals surface area contributed by atoms with Crippen LogP contribution < -0.4 is 15.4 Å². The van der Waals surface area contributed by atoms with Gasteiger partial charge < -0.3 is 25.4 Å². The summed E-state index contributed by atoms with van der Waals surface area (Å²) < 4.78 is 6.06. The van der Waals surface area contributed by atoms with Gasteiger partial charge in [-0.25, -0.2) is 4.98 Å². The number of hydrogen-bond acceptors (Lipinski definition) is 7. The van der Waals surface area contributed by atoms with E-state index in [2.05, 4.69) is 25.5 Å². The first-order valence-electron chi connectivity index (χ1n) is 12.0. The smallest absolute Gasteiger partial charge is 0.255 e. The Morgan fingerprint density at radius 2 is 2.00 bits per heavy atom. The number of halogens is 1. The van der Waals surface area contributed by atoms with Gasteiger partial charge in [-0.2, -0.15) is 4.98 Å². The minimum atomic E-state index is -0.335. The van der Waals surface area contributed by atoms with Crippen molar-refractivity contribution >= 4 is 34.4 Å². The van der Waals surface area contributed by atoms with E-state index in [0.29, 0.717) is 39.7 Å². The lowest BCUT2D eigenvalue weighted by atomic mass is 9.99. The molecule has 35 heavy (non-hydrogen) atoms. The monoisotopic (exact) mass is 495 g/mol. The first-order valence-corrected chi connectivity index (χ1v) is 12.4. The van der Waals surface area contributed by atoms with Gasteiger partial charge >= 0.3 is 0 Å². The van der Waals surface area contributed by atoms with Crippen molar-refractivity contribution in [2.75, 3.05) is 31.5 Å². The molecule has 0 radical (unpaired) electrons. The number of amides is 1. The summed E-state index contributed by atoms with van der Waals surface area (Å²) in [6.45, 7) is 7.28. The molecule has 184 valence electrons. The lowest BCUT2D eigenvalue weighted by Crippen LogP contribution is -2.45. The number of aromatic hydroxyl groups is 1. The number of aromatic nitrogens is 2. The molecule has 0 atom stereocenters. The topological polar surface area (TPSA) is 99.6 Å². The zero-order chi connectivity index (χ0) is 24.6. The molecule has 3 aromatic rings. The van der Waals surface area contributed by atoms with Gasteiger partial charge in [-0.1, -0.05) is 23.7 Å². The lowest BCUT2D eigenvalue weighted by Gasteiger charge is -2.32. The summed E-state index contributed by atoms with van der Waals surface area (Å²) in [6.07, 6.45) is 2.47. The Bertz CT molecular complexity index is 1260. The summed E-state index contributed by atoms with van der Waals surface area (Å²) in [5.41, 5.74) is 1.87. The van der Waals surface area contributed by atoms with E-state index in [-0.39, 0.29) is 23.4 Å². The highest BCUT2D eigenvalue weighted by atomic mass is 35.5. The van der Waals surface area contributed by atoms with E-state index in [4.69, 9.17) is 16.3 Å². The summed E-state index contributed by atoms with van der Waals surface area (Å²) in [6, 6.07) is 11.1. The molecule has 2 aliphatic rings. The van der Waals surface area contributed by atoms with E-state index in [1.165, 1.54) is 0 Å². The van der Waals surface area contributed by atoms with Gasteiger partial charge in [0.05, 0.1) is 16.5 Å². The van der Waals surface area contributed by atoms with Gasteiger partial charge in [0.15, 0.2) is 0 Å². The van der Waals surface area contributed by atoms with Crippen molar-refractivity contribution in [1.82, 2.24) is 20.2 Å². The van der Waals surface area contributed by atoms with E-state index in [1.807, 2.05) is 38.1 Å². The number of nitrogens with zero attached hydrogens (tertiary/aromatic N) is 3. The van der Waals surface area contributed by atoms with Crippen LogP contribution in [-0.4, -0.2) is 63.7 Å². The predicted octanol–water partition coefficient (Wildman–Crippen LogP) is 4.01. The van der Waals surface area contributed by atoms with Crippen molar-refractivity contribution in [3.63, 3.8) is 0 Å². The van der Waals surface area contributed by atoms with Crippen LogP contribution in [0.5, 0.6) is 11.6 Å². The van der Waals surface area contributed by atoms with Gasteiger partial charge in [-0.3, -0.25) is 4.79 Å².